The Kier molecular flexibility index (Phi) is 25.7. The molecule has 0 aromatic carbocycles. The Morgan fingerprint density at radius 1 is 0.531 bits per heavy atom. The van der Waals surface area contributed by atoms with Crippen LogP contribution < -0.4 is 37.2 Å². The summed E-state index contributed by atoms with van der Waals surface area (Å²) >= 11 is 0. The molecule has 0 saturated heterocycles. The van der Waals surface area contributed by atoms with Gasteiger partial charge in [0.15, 0.2) is 0 Å². The number of amides is 7. The minimum Gasteiger partial charge on any atom is -0.481 e. The number of alkyl halides is 1. The molecule has 1 heterocycles. The van der Waals surface area contributed by atoms with E-state index >= 15 is 0 Å². The topological polar surface area (TPSA) is 424 Å². The van der Waals surface area contributed by atoms with E-state index in [9.17, 15) is 77.6 Å². The van der Waals surface area contributed by atoms with E-state index in [1.807, 2.05) is 10.6 Å². The number of carbonyl (C=O) groups excluding carboxylic acids is 5. The lowest BCUT2D eigenvalue weighted by molar-refractivity contribution is -0.142. The zero-order valence-electron chi connectivity index (χ0n) is 34.6. The van der Waals surface area contributed by atoms with Crippen LogP contribution in [0.25, 0.3) is 0 Å². The minimum atomic E-state index is -1.60. The van der Waals surface area contributed by atoms with E-state index < -0.39 is 128 Å². The van der Waals surface area contributed by atoms with Crippen molar-refractivity contribution in [2.45, 2.75) is 127 Å². The number of rotatable bonds is 34. The number of halogens is 1. The van der Waals surface area contributed by atoms with Crippen molar-refractivity contribution in [3.63, 3.8) is 0 Å². The van der Waals surface area contributed by atoms with Gasteiger partial charge in [0.25, 0.3) is 0 Å². The molecule has 13 N–H and O–H groups in total. The van der Waals surface area contributed by atoms with E-state index in [2.05, 4.69) is 36.9 Å². The Hall–Kier alpha value is -7.16. The maximum Gasteiger partial charge on any atom is 0.326 e. The highest BCUT2D eigenvalue weighted by molar-refractivity contribution is 5.89. The molecule has 64 heavy (non-hydrogen) atoms. The van der Waals surface area contributed by atoms with Crippen LogP contribution >= 0.6 is 0 Å². The number of hydrogen-bond acceptors (Lipinski definition) is 13. The fourth-order valence-electron chi connectivity index (χ4n) is 5.59. The quantitative estimate of drug-likeness (QED) is 0.0338. The highest BCUT2D eigenvalue weighted by atomic mass is 19.1. The Bertz CT molecular complexity index is 1780. The first kappa shape index (κ1) is 54.9. The van der Waals surface area contributed by atoms with Crippen LogP contribution in [0.5, 0.6) is 0 Å². The first-order chi connectivity index (χ1) is 30.2. The molecule has 0 radical (unpaired) electrons. The van der Waals surface area contributed by atoms with E-state index in [-0.39, 0.29) is 83.8 Å². The number of carboxylic acid groups (broad SMARTS) is 6. The third kappa shape index (κ3) is 24.3. The smallest absolute Gasteiger partial charge is 0.326 e. The van der Waals surface area contributed by atoms with Gasteiger partial charge in [-0.2, -0.15) is 0 Å². The van der Waals surface area contributed by atoms with Crippen LogP contribution in [-0.2, 0) is 56.1 Å². The second-order valence-electron chi connectivity index (χ2n) is 14.2. The molecule has 1 aromatic heterocycles. The summed E-state index contributed by atoms with van der Waals surface area (Å²) in [5, 5.41) is 78.6. The van der Waals surface area contributed by atoms with Crippen molar-refractivity contribution < 1.29 is 87.8 Å². The van der Waals surface area contributed by atoms with Gasteiger partial charge in [-0.25, -0.2) is 33.4 Å². The molecule has 0 bridgehead atoms. The van der Waals surface area contributed by atoms with Crippen LogP contribution in [0.1, 0.15) is 89.2 Å². The average Bonchev–Trinajstić information content (AvgIpc) is 3.66. The molecule has 0 aliphatic rings. The van der Waals surface area contributed by atoms with Crippen molar-refractivity contribution in [2.75, 3.05) is 19.8 Å². The van der Waals surface area contributed by atoms with Gasteiger partial charge < -0.3 is 67.9 Å². The van der Waals surface area contributed by atoms with Gasteiger partial charge in [-0.05, 0) is 70.6 Å². The van der Waals surface area contributed by atoms with Crippen molar-refractivity contribution in [1.29, 1.82) is 0 Å². The van der Waals surface area contributed by atoms with Gasteiger partial charge in [0, 0.05) is 38.5 Å². The number of urea groups is 2. The number of aromatic nitrogens is 3. The molecule has 0 fully saturated rings. The second kappa shape index (κ2) is 30.0. The summed E-state index contributed by atoms with van der Waals surface area (Å²) in [4.78, 5) is 131. The number of aliphatic carboxylic acids is 6. The molecule has 0 spiro atoms. The number of carbonyl (C=O) groups is 11. The SMILES string of the molecule is O=C(O)CC[C@H](NC(=O)NC(CCCCNC(=O)CCC(NC(=O)Cn1cc(CCCF)nn1)C(=O)NCCCC[C@H](NC(=O)N[C@@H](CCC(=O)O)C(=O)O)C(=O)O)C(=O)O)C(=O)O. The summed E-state index contributed by atoms with van der Waals surface area (Å²) in [6, 6.07) is -9.69. The molecule has 5 atom stereocenters. The van der Waals surface area contributed by atoms with E-state index in [0.29, 0.717) is 5.69 Å². The van der Waals surface area contributed by atoms with Gasteiger partial charge in [-0.3, -0.25) is 28.4 Å². The lowest BCUT2D eigenvalue weighted by Crippen LogP contribution is -2.51. The summed E-state index contributed by atoms with van der Waals surface area (Å²) in [6.45, 7) is -0.987. The van der Waals surface area contributed by atoms with Crippen LogP contribution in [0.2, 0.25) is 0 Å². The summed E-state index contributed by atoms with van der Waals surface area (Å²) in [6.07, 6.45) is -0.265. The number of carboxylic acids is 6. The number of aryl methyl sites for hydroxylation is 1. The monoisotopic (exact) mass is 918 g/mol. The number of unbranched alkanes of at least 4 members (excludes halogenated alkanes) is 2. The molecule has 2 unspecified atom stereocenters. The van der Waals surface area contributed by atoms with Crippen molar-refractivity contribution in [3.8, 4) is 0 Å². The van der Waals surface area contributed by atoms with Crippen molar-refractivity contribution in [1.82, 2.24) is 52.2 Å². The molecule has 28 heteroatoms. The van der Waals surface area contributed by atoms with Crippen molar-refractivity contribution in [3.05, 3.63) is 11.9 Å². The summed E-state index contributed by atoms with van der Waals surface area (Å²) in [5.74, 6) is -10.5. The first-order valence-electron chi connectivity index (χ1n) is 20.0. The molecule has 0 saturated carbocycles. The molecule has 1 rings (SSSR count). The van der Waals surface area contributed by atoms with Gasteiger partial charge in [0.05, 0.1) is 12.4 Å². The number of nitrogens with zero attached hydrogens (tertiary/aromatic N) is 3. The lowest BCUT2D eigenvalue weighted by atomic mass is 10.1. The van der Waals surface area contributed by atoms with E-state index in [0.717, 1.165) is 0 Å². The zero-order valence-corrected chi connectivity index (χ0v) is 34.6. The molecule has 0 aliphatic carbocycles. The third-order valence-corrected chi connectivity index (χ3v) is 8.94. The fourth-order valence-corrected chi connectivity index (χ4v) is 5.59. The van der Waals surface area contributed by atoms with Gasteiger partial charge in [-0.15, -0.1) is 5.10 Å². The van der Waals surface area contributed by atoms with Crippen LogP contribution in [-0.4, -0.2) is 161 Å². The molecule has 7 amide bonds. The van der Waals surface area contributed by atoms with Gasteiger partial charge in [0.2, 0.25) is 17.7 Å². The molecule has 358 valence electrons. The Balaban J connectivity index is 2.76. The molecule has 1 aromatic rings. The first-order valence-corrected chi connectivity index (χ1v) is 20.0. The Labute approximate surface area is 363 Å². The Morgan fingerprint density at radius 3 is 1.41 bits per heavy atom. The van der Waals surface area contributed by atoms with Crippen LogP contribution in [0.4, 0.5) is 14.0 Å². The largest absolute Gasteiger partial charge is 0.481 e. The highest BCUT2D eigenvalue weighted by Gasteiger charge is 2.27. The lowest BCUT2D eigenvalue weighted by Gasteiger charge is -2.19. The third-order valence-electron chi connectivity index (χ3n) is 8.94. The minimum absolute atomic E-state index is 0.0343. The van der Waals surface area contributed by atoms with Crippen molar-refractivity contribution in [2.24, 2.45) is 0 Å². The average molecular weight is 919 g/mol. The predicted molar refractivity (Wildman–Crippen MR) is 212 cm³/mol. The van der Waals surface area contributed by atoms with Gasteiger partial charge >= 0.3 is 47.9 Å². The van der Waals surface area contributed by atoms with Crippen LogP contribution in [0.15, 0.2) is 6.20 Å². The Morgan fingerprint density at radius 2 is 0.969 bits per heavy atom. The number of hydrogen-bond donors (Lipinski definition) is 13. The predicted octanol–water partition coefficient (Wildman–Crippen LogP) is -1.84. The molecular formula is C36H55FN10O17. The second-order valence-corrected chi connectivity index (χ2v) is 14.2. The summed E-state index contributed by atoms with van der Waals surface area (Å²) < 4.78 is 13.7. The van der Waals surface area contributed by atoms with Gasteiger partial charge in [0.1, 0.15) is 36.8 Å². The van der Waals surface area contributed by atoms with Crippen LogP contribution in [0.3, 0.4) is 0 Å². The standard InChI is InChI=1S/C36H55FN10O17/c37-15-5-6-20-18-47(46-45-20)19-27(49)40-21(30(54)39-17-4-2-8-23(32(57)58)42-36(64)44-25(34(61)62)11-14-29(52)53)9-12-26(48)38-16-3-1-7-22(31(55)56)41-35(63)43-24(33(59)60)10-13-28(50)51/h18,21-25H,1-17,19H2,(H,38,48)(H,39,54)(H,40,49)(H,50,51)(H,52,53)(H,55,56)(H,57,58)(H,59,60)(H,61,62)(H2,41,43,63)(H2,42,44,64)/t21?,22?,23-,24-,25-/m0/s1. The van der Waals surface area contributed by atoms with Gasteiger partial charge in [-0.1, -0.05) is 5.21 Å². The maximum absolute atomic E-state index is 13.2. The maximum atomic E-state index is 13.2. The summed E-state index contributed by atoms with van der Waals surface area (Å²) in [7, 11) is 0. The van der Waals surface area contributed by atoms with E-state index in [1.54, 1.807) is 0 Å². The van der Waals surface area contributed by atoms with Crippen LogP contribution in [0, 0.1) is 0 Å². The highest BCUT2D eigenvalue weighted by Crippen LogP contribution is 2.07. The fraction of sp³-hybridized carbons (Fsp3) is 0.639. The number of nitrogens with one attached hydrogen (secondary N) is 7. The molecular weight excluding hydrogens is 863 g/mol. The van der Waals surface area contributed by atoms with E-state index in [4.69, 9.17) is 10.2 Å². The molecule has 0 aliphatic heterocycles. The molecule has 27 nitrogen and oxygen atoms in total. The normalized spacial score (nSPS) is 13.1. The zero-order chi connectivity index (χ0) is 48.2. The van der Waals surface area contributed by atoms with Crippen molar-refractivity contribution >= 4 is 65.6 Å². The summed E-state index contributed by atoms with van der Waals surface area (Å²) in [5.41, 5.74) is 0.427. The van der Waals surface area contributed by atoms with E-state index in [1.165, 1.54) is 10.9 Å².